The molecule has 15 heavy (non-hydrogen) atoms. The number of hydrogen-bond acceptors (Lipinski definition) is 2. The molecular weight excluding hydrogens is 194 g/mol. The fraction of sp³-hybridized carbons (Fsp3) is 0.273. The fourth-order valence-electron chi connectivity index (χ4n) is 1.81. The van der Waals surface area contributed by atoms with Gasteiger partial charge in [-0.15, -0.1) is 0 Å². The standard InChI is InChI=1S/C11H11NO3/c13-10-8(6-9(12-10)11(14)15)7-4-2-1-3-5-7/h1-5,8-9H,6H2,(H,12,13)(H,14,15). The third-order valence-corrected chi connectivity index (χ3v) is 2.60. The number of carboxylic acids is 1. The lowest BCUT2D eigenvalue weighted by molar-refractivity contribution is -0.140. The third kappa shape index (κ3) is 1.83. The number of amides is 1. The predicted octanol–water partition coefficient (Wildman–Crippen LogP) is 0.743. The summed E-state index contributed by atoms with van der Waals surface area (Å²) in [6.07, 6.45) is 0.332. The Morgan fingerprint density at radius 3 is 2.53 bits per heavy atom. The van der Waals surface area contributed by atoms with Gasteiger partial charge in [0.1, 0.15) is 6.04 Å². The summed E-state index contributed by atoms with van der Waals surface area (Å²) in [5.41, 5.74) is 0.874. The van der Waals surface area contributed by atoms with Gasteiger partial charge in [-0.2, -0.15) is 0 Å². The highest BCUT2D eigenvalue weighted by Crippen LogP contribution is 2.26. The molecule has 0 aromatic heterocycles. The Morgan fingerprint density at radius 2 is 2.00 bits per heavy atom. The van der Waals surface area contributed by atoms with E-state index < -0.39 is 12.0 Å². The molecule has 1 aromatic rings. The average molecular weight is 205 g/mol. The predicted molar refractivity (Wildman–Crippen MR) is 53.4 cm³/mol. The molecule has 1 aliphatic rings. The Balaban J connectivity index is 2.19. The first kappa shape index (κ1) is 9.71. The summed E-state index contributed by atoms with van der Waals surface area (Å²) >= 11 is 0. The zero-order valence-corrected chi connectivity index (χ0v) is 8.01. The van der Waals surface area contributed by atoms with Crippen LogP contribution in [0.25, 0.3) is 0 Å². The summed E-state index contributed by atoms with van der Waals surface area (Å²) in [6, 6.07) is 8.49. The van der Waals surface area contributed by atoms with E-state index in [2.05, 4.69) is 5.32 Å². The van der Waals surface area contributed by atoms with Gasteiger partial charge in [-0.05, 0) is 12.0 Å². The highest BCUT2D eigenvalue weighted by Gasteiger charge is 2.36. The molecule has 2 unspecified atom stereocenters. The highest BCUT2D eigenvalue weighted by atomic mass is 16.4. The van der Waals surface area contributed by atoms with Gasteiger partial charge in [0, 0.05) is 0 Å². The number of carbonyl (C=O) groups excluding carboxylic acids is 1. The monoisotopic (exact) mass is 205 g/mol. The molecule has 1 aromatic carbocycles. The van der Waals surface area contributed by atoms with E-state index >= 15 is 0 Å². The van der Waals surface area contributed by atoms with E-state index in [0.717, 1.165) is 5.56 Å². The van der Waals surface area contributed by atoms with Crippen molar-refractivity contribution in [3.05, 3.63) is 35.9 Å². The van der Waals surface area contributed by atoms with Crippen LogP contribution in [0.5, 0.6) is 0 Å². The van der Waals surface area contributed by atoms with Crippen LogP contribution in [0.3, 0.4) is 0 Å². The van der Waals surface area contributed by atoms with Gasteiger partial charge in [-0.25, -0.2) is 4.79 Å². The molecule has 0 bridgehead atoms. The zero-order chi connectivity index (χ0) is 10.8. The van der Waals surface area contributed by atoms with Crippen molar-refractivity contribution < 1.29 is 14.7 Å². The summed E-state index contributed by atoms with van der Waals surface area (Å²) < 4.78 is 0. The van der Waals surface area contributed by atoms with Crippen molar-refractivity contribution >= 4 is 11.9 Å². The van der Waals surface area contributed by atoms with Gasteiger partial charge >= 0.3 is 5.97 Å². The van der Waals surface area contributed by atoms with Gasteiger partial charge in [-0.1, -0.05) is 30.3 Å². The molecule has 1 aliphatic heterocycles. The molecule has 2 atom stereocenters. The van der Waals surface area contributed by atoms with Crippen LogP contribution in [0, 0.1) is 0 Å². The number of nitrogens with one attached hydrogen (secondary N) is 1. The van der Waals surface area contributed by atoms with Gasteiger partial charge in [0.15, 0.2) is 0 Å². The molecule has 1 saturated heterocycles. The third-order valence-electron chi connectivity index (χ3n) is 2.60. The zero-order valence-electron chi connectivity index (χ0n) is 8.01. The van der Waals surface area contributed by atoms with Gasteiger partial charge in [0.25, 0.3) is 0 Å². The van der Waals surface area contributed by atoms with Crippen LogP contribution in [-0.2, 0) is 9.59 Å². The van der Waals surface area contributed by atoms with Crippen LogP contribution in [-0.4, -0.2) is 23.0 Å². The molecule has 0 radical (unpaired) electrons. The van der Waals surface area contributed by atoms with Crippen molar-refractivity contribution in [2.24, 2.45) is 0 Å². The van der Waals surface area contributed by atoms with E-state index in [0.29, 0.717) is 6.42 Å². The Morgan fingerprint density at radius 1 is 1.33 bits per heavy atom. The summed E-state index contributed by atoms with van der Waals surface area (Å²) in [7, 11) is 0. The van der Waals surface area contributed by atoms with Crippen LogP contribution in [0.1, 0.15) is 17.9 Å². The van der Waals surface area contributed by atoms with Crippen molar-refractivity contribution in [1.82, 2.24) is 5.32 Å². The quantitative estimate of drug-likeness (QED) is 0.748. The Bertz CT molecular complexity index is 388. The average Bonchev–Trinajstić information content (AvgIpc) is 2.62. The normalized spacial score (nSPS) is 24.9. The second-order valence-corrected chi connectivity index (χ2v) is 3.60. The van der Waals surface area contributed by atoms with Crippen molar-refractivity contribution in [2.45, 2.75) is 18.4 Å². The van der Waals surface area contributed by atoms with Gasteiger partial charge in [-0.3, -0.25) is 4.79 Å². The number of carbonyl (C=O) groups is 2. The van der Waals surface area contributed by atoms with E-state index in [1.165, 1.54) is 0 Å². The first-order chi connectivity index (χ1) is 7.18. The summed E-state index contributed by atoms with van der Waals surface area (Å²) in [6.45, 7) is 0. The number of carboxylic acid groups (broad SMARTS) is 1. The van der Waals surface area contributed by atoms with E-state index in [-0.39, 0.29) is 11.8 Å². The van der Waals surface area contributed by atoms with Crippen LogP contribution < -0.4 is 5.32 Å². The second-order valence-electron chi connectivity index (χ2n) is 3.60. The number of hydrogen-bond donors (Lipinski definition) is 2. The molecule has 0 spiro atoms. The molecule has 2 rings (SSSR count). The topological polar surface area (TPSA) is 66.4 Å². The summed E-state index contributed by atoms with van der Waals surface area (Å²) in [5, 5.41) is 11.2. The minimum Gasteiger partial charge on any atom is -0.480 e. The molecule has 2 N–H and O–H groups in total. The summed E-state index contributed by atoms with van der Waals surface area (Å²) in [4.78, 5) is 22.2. The Kier molecular flexibility index (Phi) is 2.41. The van der Waals surface area contributed by atoms with Crippen molar-refractivity contribution in [1.29, 1.82) is 0 Å². The summed E-state index contributed by atoms with van der Waals surface area (Å²) in [5.74, 6) is -1.50. The maximum absolute atomic E-state index is 11.5. The van der Waals surface area contributed by atoms with Crippen LogP contribution >= 0.6 is 0 Å². The molecular formula is C11H11NO3. The molecule has 1 fully saturated rings. The van der Waals surface area contributed by atoms with Gasteiger partial charge < -0.3 is 10.4 Å². The smallest absolute Gasteiger partial charge is 0.326 e. The molecule has 4 nitrogen and oxygen atoms in total. The number of aliphatic carboxylic acids is 1. The lowest BCUT2D eigenvalue weighted by Gasteiger charge is -2.05. The highest BCUT2D eigenvalue weighted by molar-refractivity contribution is 5.92. The fourth-order valence-corrected chi connectivity index (χ4v) is 1.81. The van der Waals surface area contributed by atoms with Crippen LogP contribution in [0.2, 0.25) is 0 Å². The Hall–Kier alpha value is -1.84. The molecule has 1 amide bonds. The van der Waals surface area contributed by atoms with E-state index in [9.17, 15) is 9.59 Å². The molecule has 0 aliphatic carbocycles. The second kappa shape index (κ2) is 3.73. The van der Waals surface area contributed by atoms with Crippen LogP contribution in [0.15, 0.2) is 30.3 Å². The van der Waals surface area contributed by atoms with E-state index in [1.807, 2.05) is 30.3 Å². The molecule has 0 saturated carbocycles. The number of rotatable bonds is 2. The SMILES string of the molecule is O=C(O)C1CC(c2ccccc2)C(=O)N1. The Labute approximate surface area is 86.9 Å². The lowest BCUT2D eigenvalue weighted by atomic mass is 9.96. The van der Waals surface area contributed by atoms with E-state index in [4.69, 9.17) is 5.11 Å². The van der Waals surface area contributed by atoms with E-state index in [1.54, 1.807) is 0 Å². The van der Waals surface area contributed by atoms with Crippen molar-refractivity contribution in [3.63, 3.8) is 0 Å². The first-order valence-corrected chi connectivity index (χ1v) is 4.76. The maximum Gasteiger partial charge on any atom is 0.326 e. The largest absolute Gasteiger partial charge is 0.480 e. The molecule has 1 heterocycles. The lowest BCUT2D eigenvalue weighted by Crippen LogP contribution is -2.32. The van der Waals surface area contributed by atoms with Gasteiger partial charge in [0.05, 0.1) is 5.92 Å². The van der Waals surface area contributed by atoms with Crippen LogP contribution in [0.4, 0.5) is 0 Å². The minimum atomic E-state index is -0.971. The van der Waals surface area contributed by atoms with Crippen molar-refractivity contribution in [2.75, 3.05) is 0 Å². The van der Waals surface area contributed by atoms with Gasteiger partial charge in [0.2, 0.25) is 5.91 Å². The minimum absolute atomic E-state index is 0.200. The number of benzene rings is 1. The first-order valence-electron chi connectivity index (χ1n) is 4.76. The molecule has 78 valence electrons. The van der Waals surface area contributed by atoms with Crippen molar-refractivity contribution in [3.8, 4) is 0 Å². The maximum atomic E-state index is 11.5. The molecule has 4 heteroatoms.